The molecular formula is C16H24N4O6S. The highest BCUT2D eigenvalue weighted by atomic mass is 32.2. The number of aliphatic carboxylic acids is 1. The van der Waals surface area contributed by atoms with E-state index in [0.29, 0.717) is 31.5 Å². The summed E-state index contributed by atoms with van der Waals surface area (Å²) >= 11 is 0. The summed E-state index contributed by atoms with van der Waals surface area (Å²) in [5.74, 6) is -2.09. The summed E-state index contributed by atoms with van der Waals surface area (Å²) in [5.41, 5.74) is 0.685. The number of nitrogens with one attached hydrogen (secondary N) is 2. The molecule has 10 nitrogen and oxygen atoms in total. The number of aliphatic hydroxyl groups excluding tert-OH is 1. The maximum atomic E-state index is 12.3. The zero-order chi connectivity index (χ0) is 20.1. The summed E-state index contributed by atoms with van der Waals surface area (Å²) in [5, 5.41) is 27.5. The smallest absolute Gasteiger partial charge is 0.352 e. The quantitative estimate of drug-likeness (QED) is 0.248. The molecule has 3 heterocycles. The standard InChI is InChI=1S/C16H24N4O6S/c1-8(21)13-11-5-10(14(16(23)24)20(11)15(13)22)9-3-4-19(7-9)12(17)6-18-27(2,25)26/h8-9,11,13,17-18,21H,3-7H2,1-2H3,(H,23,24)/t8-,9-,11-,13-/m1/s1. The third kappa shape index (κ3) is 3.58. The number of hydrogen-bond acceptors (Lipinski definition) is 6. The Hall–Kier alpha value is -1.98. The van der Waals surface area contributed by atoms with Crippen molar-refractivity contribution in [2.45, 2.75) is 31.9 Å². The summed E-state index contributed by atoms with van der Waals surface area (Å²) in [7, 11) is -3.40. The number of hydrogen-bond donors (Lipinski definition) is 4. The van der Waals surface area contributed by atoms with Gasteiger partial charge >= 0.3 is 5.97 Å². The molecule has 0 saturated carbocycles. The van der Waals surface area contributed by atoms with Crippen molar-refractivity contribution in [2.24, 2.45) is 11.8 Å². The van der Waals surface area contributed by atoms with E-state index < -0.39 is 28.0 Å². The number of nitrogens with zero attached hydrogens (tertiary/aromatic N) is 2. The number of rotatable bonds is 6. The van der Waals surface area contributed by atoms with Crippen molar-refractivity contribution in [1.82, 2.24) is 14.5 Å². The molecule has 27 heavy (non-hydrogen) atoms. The lowest BCUT2D eigenvalue weighted by Gasteiger charge is -2.44. The minimum Gasteiger partial charge on any atom is -0.477 e. The van der Waals surface area contributed by atoms with E-state index in [1.165, 1.54) is 11.8 Å². The predicted octanol–water partition coefficient (Wildman–Crippen LogP) is -1.22. The van der Waals surface area contributed by atoms with Gasteiger partial charge in [-0.2, -0.15) is 0 Å². The average molecular weight is 400 g/mol. The van der Waals surface area contributed by atoms with E-state index in [4.69, 9.17) is 5.41 Å². The van der Waals surface area contributed by atoms with Crippen molar-refractivity contribution >= 4 is 27.7 Å². The number of β-lactam (4-membered cyclic amide) rings is 1. The second-order valence-electron chi connectivity index (χ2n) is 7.40. The van der Waals surface area contributed by atoms with Gasteiger partial charge in [-0.05, 0) is 25.3 Å². The summed E-state index contributed by atoms with van der Waals surface area (Å²) in [4.78, 5) is 27.0. The number of fused-ring (bicyclic) bond motifs is 1. The molecule has 1 amide bonds. The molecule has 3 aliphatic rings. The van der Waals surface area contributed by atoms with Crippen LogP contribution in [0.5, 0.6) is 0 Å². The van der Waals surface area contributed by atoms with Gasteiger partial charge in [-0.1, -0.05) is 0 Å². The van der Waals surface area contributed by atoms with E-state index in [0.717, 1.165) is 6.26 Å². The van der Waals surface area contributed by atoms with Crippen molar-refractivity contribution in [1.29, 1.82) is 5.41 Å². The summed E-state index contributed by atoms with van der Waals surface area (Å²) < 4.78 is 24.6. The van der Waals surface area contributed by atoms with Gasteiger partial charge in [0.25, 0.3) is 0 Å². The monoisotopic (exact) mass is 400 g/mol. The third-order valence-electron chi connectivity index (χ3n) is 5.53. The Morgan fingerprint density at radius 3 is 2.67 bits per heavy atom. The van der Waals surface area contributed by atoms with Gasteiger partial charge in [-0.3, -0.25) is 10.2 Å². The Balaban J connectivity index is 1.72. The second kappa shape index (κ2) is 6.88. The van der Waals surface area contributed by atoms with Crippen molar-refractivity contribution in [3.63, 3.8) is 0 Å². The predicted molar refractivity (Wildman–Crippen MR) is 95.3 cm³/mol. The SMILES string of the molecule is C[C@@H](O)[C@H]1C(=O)N2C(C(=O)O)=C([C@@H]3CCN(C(=N)CNS(C)(=O)=O)C3)C[C@H]12. The zero-order valence-corrected chi connectivity index (χ0v) is 16.0. The van der Waals surface area contributed by atoms with E-state index in [1.54, 1.807) is 4.90 Å². The van der Waals surface area contributed by atoms with E-state index in [-0.39, 0.29) is 35.9 Å². The number of carbonyl (C=O) groups excluding carboxylic acids is 1. The Labute approximate surface area is 157 Å². The van der Waals surface area contributed by atoms with Crippen LogP contribution in [0.2, 0.25) is 0 Å². The van der Waals surface area contributed by atoms with E-state index in [1.807, 2.05) is 0 Å². The molecule has 3 rings (SSSR count). The Kier molecular flexibility index (Phi) is 5.04. The number of sulfonamides is 1. The number of likely N-dealkylation sites (tertiary alicyclic amines) is 1. The maximum Gasteiger partial charge on any atom is 0.352 e. The largest absolute Gasteiger partial charge is 0.477 e. The molecule has 0 spiro atoms. The molecule has 0 aliphatic carbocycles. The van der Waals surface area contributed by atoms with Crippen molar-refractivity contribution in [3.8, 4) is 0 Å². The number of carboxylic acid groups (broad SMARTS) is 1. The number of carboxylic acids is 1. The van der Waals surface area contributed by atoms with Gasteiger partial charge in [-0.15, -0.1) is 0 Å². The molecule has 4 N–H and O–H groups in total. The minimum absolute atomic E-state index is 0.00883. The highest BCUT2D eigenvalue weighted by Crippen LogP contribution is 2.47. The molecule has 4 atom stereocenters. The third-order valence-corrected chi connectivity index (χ3v) is 6.20. The lowest BCUT2D eigenvalue weighted by Crippen LogP contribution is -2.61. The lowest BCUT2D eigenvalue weighted by molar-refractivity contribution is -0.161. The highest BCUT2D eigenvalue weighted by Gasteiger charge is 2.57. The average Bonchev–Trinajstić information content (AvgIpc) is 3.13. The molecule has 2 saturated heterocycles. The fourth-order valence-corrected chi connectivity index (χ4v) is 4.67. The molecule has 150 valence electrons. The molecule has 0 radical (unpaired) electrons. The van der Waals surface area contributed by atoms with Crippen LogP contribution in [0.25, 0.3) is 0 Å². The summed E-state index contributed by atoms with van der Waals surface area (Å²) in [6, 6.07) is -0.320. The fraction of sp³-hybridized carbons (Fsp3) is 0.688. The first-order valence-electron chi connectivity index (χ1n) is 8.75. The summed E-state index contributed by atoms with van der Waals surface area (Å²) in [6.07, 6.45) is 1.23. The highest BCUT2D eigenvalue weighted by molar-refractivity contribution is 7.88. The summed E-state index contributed by atoms with van der Waals surface area (Å²) in [6.45, 7) is 2.34. The van der Waals surface area contributed by atoms with Gasteiger partial charge in [0.05, 0.1) is 30.9 Å². The molecule has 0 aromatic heterocycles. The van der Waals surface area contributed by atoms with Gasteiger partial charge in [0.1, 0.15) is 11.5 Å². The van der Waals surface area contributed by atoms with Crippen LogP contribution in [-0.2, 0) is 19.6 Å². The Morgan fingerprint density at radius 1 is 1.44 bits per heavy atom. The van der Waals surface area contributed by atoms with Gasteiger partial charge in [0, 0.05) is 19.0 Å². The minimum atomic E-state index is -3.40. The van der Waals surface area contributed by atoms with Gasteiger partial charge < -0.3 is 20.0 Å². The number of amidine groups is 1. The van der Waals surface area contributed by atoms with Crippen LogP contribution in [0.3, 0.4) is 0 Å². The normalized spacial score (nSPS) is 29.0. The molecule has 0 unspecified atom stereocenters. The maximum absolute atomic E-state index is 12.3. The van der Waals surface area contributed by atoms with Crippen LogP contribution >= 0.6 is 0 Å². The second-order valence-corrected chi connectivity index (χ2v) is 9.23. The van der Waals surface area contributed by atoms with Crippen LogP contribution in [0.1, 0.15) is 19.8 Å². The molecule has 11 heteroatoms. The van der Waals surface area contributed by atoms with Crippen LogP contribution in [0.15, 0.2) is 11.3 Å². The number of amides is 1. The lowest BCUT2D eigenvalue weighted by atomic mass is 9.82. The van der Waals surface area contributed by atoms with Crippen LogP contribution in [0, 0.1) is 17.2 Å². The topological polar surface area (TPSA) is 151 Å². The number of aliphatic hydroxyl groups is 1. The first-order valence-corrected chi connectivity index (χ1v) is 10.6. The molecule has 0 bridgehead atoms. The van der Waals surface area contributed by atoms with E-state index in [9.17, 15) is 28.2 Å². The van der Waals surface area contributed by atoms with Crippen LogP contribution in [-0.4, -0.2) is 84.2 Å². The van der Waals surface area contributed by atoms with Gasteiger partial charge in [0.2, 0.25) is 15.9 Å². The Bertz CT molecular complexity index is 821. The van der Waals surface area contributed by atoms with Crippen LogP contribution < -0.4 is 4.72 Å². The molecule has 3 aliphatic heterocycles. The van der Waals surface area contributed by atoms with Crippen molar-refractivity contribution in [2.75, 3.05) is 25.9 Å². The fourth-order valence-electron chi connectivity index (χ4n) is 4.27. The van der Waals surface area contributed by atoms with Crippen molar-refractivity contribution in [3.05, 3.63) is 11.3 Å². The number of carbonyl (C=O) groups is 2. The first-order chi connectivity index (χ1) is 12.5. The molecule has 0 aromatic carbocycles. The van der Waals surface area contributed by atoms with Gasteiger partial charge in [-0.25, -0.2) is 17.9 Å². The van der Waals surface area contributed by atoms with Gasteiger partial charge in [0.15, 0.2) is 0 Å². The van der Waals surface area contributed by atoms with Crippen molar-refractivity contribution < 1.29 is 28.2 Å². The van der Waals surface area contributed by atoms with E-state index in [2.05, 4.69) is 4.72 Å². The van der Waals surface area contributed by atoms with E-state index >= 15 is 0 Å². The Morgan fingerprint density at radius 2 is 2.11 bits per heavy atom. The van der Waals surface area contributed by atoms with Crippen LogP contribution in [0.4, 0.5) is 0 Å². The molecule has 2 fully saturated rings. The first kappa shape index (κ1) is 19.8. The molecular weight excluding hydrogens is 376 g/mol. The zero-order valence-electron chi connectivity index (χ0n) is 15.2. The molecule has 0 aromatic rings.